The summed E-state index contributed by atoms with van der Waals surface area (Å²) in [5.74, 6) is 6.21. The smallest absolute Gasteiger partial charge is 0.243 e. The fourth-order valence-corrected chi connectivity index (χ4v) is 5.59. The molecule has 0 heterocycles. The number of hydrogen-bond donors (Lipinski definition) is 4. The Labute approximate surface area is 268 Å². The van der Waals surface area contributed by atoms with Crippen molar-refractivity contribution < 1.29 is 29.0 Å². The van der Waals surface area contributed by atoms with Crippen molar-refractivity contribution >= 4 is 17.7 Å². The lowest BCUT2D eigenvalue weighted by Crippen LogP contribution is -2.55. The van der Waals surface area contributed by atoms with E-state index in [4.69, 9.17) is 6.42 Å². The monoisotopic (exact) mass is 626 g/mol. The van der Waals surface area contributed by atoms with Crippen LogP contribution in [0.1, 0.15) is 70.3 Å². The topological polar surface area (TPSA) is 122 Å². The summed E-state index contributed by atoms with van der Waals surface area (Å²) in [6, 6.07) is 7.48. The summed E-state index contributed by atoms with van der Waals surface area (Å²) in [5.41, 5.74) is 0.859. The number of alkyl halides is 1. The number of benzene rings is 1. The van der Waals surface area contributed by atoms with Gasteiger partial charge in [0.25, 0.3) is 0 Å². The number of carbonyl (C=O) groups excluding carboxylic acids is 3. The van der Waals surface area contributed by atoms with Crippen molar-refractivity contribution in [3.8, 4) is 24.2 Å². The molecule has 1 aliphatic carbocycles. The molecule has 10 heteroatoms. The zero-order chi connectivity index (χ0) is 33.2. The van der Waals surface area contributed by atoms with Gasteiger partial charge in [-0.15, -0.1) is 24.2 Å². The first-order valence-electron chi connectivity index (χ1n) is 15.9. The van der Waals surface area contributed by atoms with Crippen molar-refractivity contribution in [3.63, 3.8) is 0 Å². The van der Waals surface area contributed by atoms with Crippen LogP contribution in [0, 0.1) is 36.0 Å². The molecule has 5 atom stereocenters. The molecule has 0 aliphatic heterocycles. The fraction of sp³-hybridized carbons (Fsp3) is 0.629. The molecule has 1 aromatic rings. The van der Waals surface area contributed by atoms with Crippen molar-refractivity contribution in [3.05, 3.63) is 35.9 Å². The second kappa shape index (κ2) is 20.6. The lowest BCUT2D eigenvalue weighted by molar-refractivity contribution is -0.137. The summed E-state index contributed by atoms with van der Waals surface area (Å²) in [4.78, 5) is 43.5. The van der Waals surface area contributed by atoms with Gasteiger partial charge in [-0.05, 0) is 38.3 Å². The molecule has 248 valence electrons. The van der Waals surface area contributed by atoms with Crippen LogP contribution in [0.5, 0.6) is 0 Å². The maximum Gasteiger partial charge on any atom is 0.243 e. The van der Waals surface area contributed by atoms with Crippen LogP contribution < -0.4 is 10.6 Å². The van der Waals surface area contributed by atoms with Gasteiger partial charge in [-0.3, -0.25) is 19.3 Å². The van der Waals surface area contributed by atoms with Crippen molar-refractivity contribution in [2.45, 2.75) is 95.4 Å². The fourth-order valence-electron chi connectivity index (χ4n) is 5.59. The van der Waals surface area contributed by atoms with Gasteiger partial charge in [-0.1, -0.05) is 62.4 Å². The number of terminal acetylenes is 1. The first-order chi connectivity index (χ1) is 21.6. The van der Waals surface area contributed by atoms with Gasteiger partial charge < -0.3 is 25.7 Å². The lowest BCUT2D eigenvalue weighted by atomic mass is 9.82. The Morgan fingerprint density at radius 3 is 2.33 bits per heavy atom. The van der Waals surface area contributed by atoms with E-state index in [1.807, 2.05) is 30.3 Å². The number of hydrogen-bond acceptors (Lipinski definition) is 6. The van der Waals surface area contributed by atoms with Crippen LogP contribution in [-0.4, -0.2) is 96.0 Å². The zero-order valence-electron chi connectivity index (χ0n) is 27.0. The molecule has 0 bridgehead atoms. The van der Waals surface area contributed by atoms with Crippen molar-refractivity contribution in [1.82, 2.24) is 20.4 Å². The highest BCUT2D eigenvalue weighted by molar-refractivity contribution is 5.91. The van der Waals surface area contributed by atoms with E-state index in [9.17, 15) is 29.0 Å². The van der Waals surface area contributed by atoms with Crippen LogP contribution in [0.4, 0.5) is 4.39 Å². The molecule has 1 saturated carbocycles. The van der Waals surface area contributed by atoms with Gasteiger partial charge in [-0.25, -0.2) is 4.39 Å². The molecule has 0 radical (unpaired) electrons. The predicted molar refractivity (Wildman–Crippen MR) is 173 cm³/mol. The average Bonchev–Trinajstić information content (AvgIpc) is 3.05. The molecule has 45 heavy (non-hydrogen) atoms. The van der Waals surface area contributed by atoms with Gasteiger partial charge in [0.15, 0.2) is 0 Å². The summed E-state index contributed by atoms with van der Waals surface area (Å²) in [6.07, 6.45) is 8.71. The van der Waals surface area contributed by atoms with Crippen molar-refractivity contribution in [2.75, 3.05) is 34.0 Å². The molecule has 9 nitrogen and oxygen atoms in total. The number of aliphatic hydroxyl groups is 2. The van der Waals surface area contributed by atoms with E-state index in [2.05, 4.69) is 28.4 Å². The van der Waals surface area contributed by atoms with Gasteiger partial charge in [-0.2, -0.15) is 0 Å². The highest BCUT2D eigenvalue weighted by Gasteiger charge is 2.34. The largest absolute Gasteiger partial charge is 0.389 e. The van der Waals surface area contributed by atoms with Crippen LogP contribution in [0.15, 0.2) is 30.3 Å². The molecule has 3 amide bonds. The number of aliphatic hydroxyl groups excluding tert-OH is 2. The van der Waals surface area contributed by atoms with E-state index in [-0.39, 0.29) is 37.5 Å². The summed E-state index contributed by atoms with van der Waals surface area (Å²) in [7, 11) is 3.23. The standard InChI is InChI=1S/C35H51FN4O5/c1-5-7-19-29(35(45)38-30(33(43)31(41)14-6-2)23-27-17-12-9-13-18-27)37-34(44)28(22-26-15-10-8-11-16-26)24-32(42)40(4)21-20-39(3)25-36/h2,8,10-11,15-16,27-31,33,41,43H,9,12-14,17-25H2,1,3-4H3,(H,37,44)(H,38,45)/t28-,29+,30+,31+,33-/m1/s1. The third-order valence-electron chi connectivity index (χ3n) is 8.45. The Hall–Kier alpha value is -3.44. The van der Waals surface area contributed by atoms with Crippen molar-refractivity contribution in [1.29, 1.82) is 0 Å². The average molecular weight is 627 g/mol. The second-order valence-electron chi connectivity index (χ2n) is 12.1. The molecule has 0 aromatic heterocycles. The second-order valence-corrected chi connectivity index (χ2v) is 12.1. The van der Waals surface area contributed by atoms with E-state index >= 15 is 0 Å². The van der Waals surface area contributed by atoms with Crippen LogP contribution in [0.25, 0.3) is 0 Å². The van der Waals surface area contributed by atoms with Gasteiger partial charge >= 0.3 is 0 Å². The number of likely N-dealkylation sites (N-methyl/N-ethyl adjacent to an activating group) is 2. The highest BCUT2D eigenvalue weighted by atomic mass is 19.1. The Balaban J connectivity index is 2.24. The molecule has 0 saturated heterocycles. The van der Waals surface area contributed by atoms with Crippen molar-refractivity contribution in [2.24, 2.45) is 11.8 Å². The first-order valence-corrected chi connectivity index (χ1v) is 15.9. The minimum Gasteiger partial charge on any atom is -0.389 e. The summed E-state index contributed by atoms with van der Waals surface area (Å²) in [5, 5.41) is 27.2. The first kappa shape index (κ1) is 37.7. The molecule has 4 N–H and O–H groups in total. The quantitative estimate of drug-likeness (QED) is 0.147. The minimum absolute atomic E-state index is 0.0225. The number of carbonyl (C=O) groups is 3. The molecule has 0 unspecified atom stereocenters. The van der Waals surface area contributed by atoms with Crippen LogP contribution >= 0.6 is 0 Å². The van der Waals surface area contributed by atoms with E-state index in [1.165, 1.54) is 9.80 Å². The van der Waals surface area contributed by atoms with Gasteiger partial charge in [0, 0.05) is 39.4 Å². The molecular weight excluding hydrogens is 575 g/mol. The molecule has 2 rings (SSSR count). The Morgan fingerprint density at radius 2 is 1.71 bits per heavy atom. The molecule has 1 aliphatic rings. The number of rotatable bonds is 18. The number of amides is 3. The minimum atomic E-state index is -1.28. The number of halogens is 1. The van der Waals surface area contributed by atoms with E-state index < -0.39 is 48.8 Å². The zero-order valence-corrected chi connectivity index (χ0v) is 27.0. The molecule has 1 fully saturated rings. The molecule has 1 aromatic carbocycles. The Bertz CT molecular complexity index is 1160. The van der Waals surface area contributed by atoms with Crippen LogP contribution in [-0.2, 0) is 20.8 Å². The number of nitrogens with one attached hydrogen (secondary N) is 2. The molecule has 0 spiro atoms. The SMILES string of the molecule is C#CC[C@H](O)[C@H](O)[C@H](CC1CCCCC1)NC(=O)[C@H](CC#CC)NC(=O)[C@@H](CC(=O)N(C)CCN(C)CF)Cc1ccccc1. The highest BCUT2D eigenvalue weighted by Crippen LogP contribution is 2.28. The van der Waals surface area contributed by atoms with Crippen LogP contribution in [0.2, 0.25) is 0 Å². The molecular formula is C35H51FN4O5. The maximum atomic E-state index is 13.7. The van der Waals surface area contributed by atoms with Gasteiger partial charge in [0.2, 0.25) is 17.7 Å². The summed E-state index contributed by atoms with van der Waals surface area (Å²) >= 11 is 0. The normalized spacial score (nSPS) is 16.7. The van der Waals surface area contributed by atoms with Gasteiger partial charge in [0.05, 0.1) is 18.1 Å². The third kappa shape index (κ3) is 13.6. The Morgan fingerprint density at radius 1 is 1.02 bits per heavy atom. The summed E-state index contributed by atoms with van der Waals surface area (Å²) < 4.78 is 12.9. The van der Waals surface area contributed by atoms with E-state index in [0.717, 1.165) is 37.7 Å². The van der Waals surface area contributed by atoms with Crippen LogP contribution in [0.3, 0.4) is 0 Å². The van der Waals surface area contributed by atoms with Gasteiger partial charge in [0.1, 0.15) is 18.9 Å². The van der Waals surface area contributed by atoms with E-state index in [1.54, 1.807) is 21.0 Å². The predicted octanol–water partition coefficient (Wildman–Crippen LogP) is 2.65. The summed E-state index contributed by atoms with van der Waals surface area (Å²) in [6.45, 7) is 1.64. The third-order valence-corrected chi connectivity index (χ3v) is 8.45. The Kier molecular flexibility index (Phi) is 17.2. The lowest BCUT2D eigenvalue weighted by Gasteiger charge is -2.33. The maximum absolute atomic E-state index is 13.7. The van der Waals surface area contributed by atoms with E-state index in [0.29, 0.717) is 19.5 Å². The number of nitrogens with zero attached hydrogens (tertiary/aromatic N) is 2.